The van der Waals surface area contributed by atoms with E-state index in [4.69, 9.17) is 17.3 Å². The van der Waals surface area contributed by atoms with E-state index < -0.39 is 0 Å². The lowest BCUT2D eigenvalue weighted by atomic mass is 10.2. The van der Waals surface area contributed by atoms with Crippen LogP contribution >= 0.6 is 27.5 Å². The van der Waals surface area contributed by atoms with E-state index in [2.05, 4.69) is 20.9 Å². The number of hydrogen-bond acceptors (Lipinski definition) is 2. The Morgan fingerprint density at radius 3 is 2.82 bits per heavy atom. The number of nitrogens with two attached hydrogens (primary N) is 1. The lowest BCUT2D eigenvalue weighted by molar-refractivity contribution is 1.02. The van der Waals surface area contributed by atoms with Crippen LogP contribution in [0, 0.1) is 6.92 Å². The number of pyridine rings is 1. The van der Waals surface area contributed by atoms with Crippen LogP contribution in [0.1, 0.15) is 11.1 Å². The SMILES string of the molecule is Cc1c(Br)cnc(Cl)c1CN. The molecule has 0 saturated carbocycles. The Hall–Kier alpha value is -0.120. The average molecular weight is 236 g/mol. The van der Waals surface area contributed by atoms with Crippen LogP contribution in [0.15, 0.2) is 10.7 Å². The Balaban J connectivity index is 3.29. The lowest BCUT2D eigenvalue weighted by Gasteiger charge is -2.05. The van der Waals surface area contributed by atoms with Crippen LogP contribution in [0.3, 0.4) is 0 Å². The molecule has 1 rings (SSSR count). The first-order chi connectivity index (χ1) is 5.16. The van der Waals surface area contributed by atoms with Crippen LogP contribution in [0.2, 0.25) is 5.15 Å². The second-order valence-electron chi connectivity index (χ2n) is 2.20. The van der Waals surface area contributed by atoms with Crippen LogP contribution in [0.25, 0.3) is 0 Å². The molecule has 0 saturated heterocycles. The molecule has 11 heavy (non-hydrogen) atoms. The van der Waals surface area contributed by atoms with Crippen LogP contribution < -0.4 is 5.73 Å². The third-order valence-corrected chi connectivity index (χ3v) is 2.68. The van der Waals surface area contributed by atoms with Crippen LogP contribution in [-0.4, -0.2) is 4.98 Å². The van der Waals surface area contributed by atoms with Gasteiger partial charge in [0.05, 0.1) is 0 Å². The van der Waals surface area contributed by atoms with Crippen molar-refractivity contribution >= 4 is 27.5 Å². The maximum absolute atomic E-state index is 5.79. The minimum atomic E-state index is 0.428. The molecular weight excluding hydrogens is 227 g/mol. The number of hydrogen-bond donors (Lipinski definition) is 1. The summed E-state index contributed by atoms with van der Waals surface area (Å²) in [6, 6.07) is 0. The molecule has 0 aliphatic heterocycles. The van der Waals surface area contributed by atoms with Gasteiger partial charge in [-0.2, -0.15) is 0 Å². The molecule has 0 fully saturated rings. The fourth-order valence-electron chi connectivity index (χ4n) is 0.824. The summed E-state index contributed by atoms with van der Waals surface area (Å²) in [7, 11) is 0. The van der Waals surface area contributed by atoms with Gasteiger partial charge in [0.1, 0.15) is 5.15 Å². The van der Waals surface area contributed by atoms with E-state index in [0.717, 1.165) is 15.6 Å². The van der Waals surface area contributed by atoms with E-state index in [1.807, 2.05) is 6.92 Å². The third kappa shape index (κ3) is 1.72. The van der Waals surface area contributed by atoms with Gasteiger partial charge in [-0.15, -0.1) is 0 Å². The summed E-state index contributed by atoms with van der Waals surface area (Å²) in [6.45, 7) is 2.39. The molecule has 1 heterocycles. The van der Waals surface area contributed by atoms with E-state index in [1.165, 1.54) is 0 Å². The highest BCUT2D eigenvalue weighted by Crippen LogP contribution is 2.23. The van der Waals surface area contributed by atoms with Crippen molar-refractivity contribution in [1.82, 2.24) is 4.98 Å². The maximum atomic E-state index is 5.79. The van der Waals surface area contributed by atoms with Crippen LogP contribution in [0.4, 0.5) is 0 Å². The largest absolute Gasteiger partial charge is 0.326 e. The normalized spacial score (nSPS) is 10.2. The van der Waals surface area contributed by atoms with E-state index in [0.29, 0.717) is 11.7 Å². The monoisotopic (exact) mass is 234 g/mol. The van der Waals surface area contributed by atoms with Gasteiger partial charge in [-0.1, -0.05) is 11.6 Å². The van der Waals surface area contributed by atoms with Crippen molar-refractivity contribution in [2.45, 2.75) is 13.5 Å². The molecular formula is C7H8BrClN2. The van der Waals surface area contributed by atoms with Gasteiger partial charge in [-0.05, 0) is 28.4 Å². The highest BCUT2D eigenvalue weighted by molar-refractivity contribution is 9.10. The standard InChI is InChI=1S/C7H8BrClN2/c1-4-5(2-10)7(9)11-3-6(4)8/h3H,2,10H2,1H3. The maximum Gasteiger partial charge on any atom is 0.133 e. The van der Waals surface area contributed by atoms with E-state index >= 15 is 0 Å². The molecule has 0 bridgehead atoms. The Morgan fingerprint density at radius 1 is 1.73 bits per heavy atom. The molecule has 0 spiro atoms. The van der Waals surface area contributed by atoms with Gasteiger partial charge in [0, 0.05) is 22.8 Å². The minimum absolute atomic E-state index is 0.428. The second-order valence-corrected chi connectivity index (χ2v) is 3.42. The van der Waals surface area contributed by atoms with Crippen molar-refractivity contribution < 1.29 is 0 Å². The molecule has 1 aromatic heterocycles. The van der Waals surface area contributed by atoms with Crippen LogP contribution in [0.5, 0.6) is 0 Å². The third-order valence-electron chi connectivity index (χ3n) is 1.56. The van der Waals surface area contributed by atoms with Crippen LogP contribution in [-0.2, 0) is 6.54 Å². The second kappa shape index (κ2) is 3.52. The topological polar surface area (TPSA) is 38.9 Å². The Morgan fingerprint density at radius 2 is 2.36 bits per heavy atom. The fourth-order valence-corrected chi connectivity index (χ4v) is 1.43. The van der Waals surface area contributed by atoms with Gasteiger partial charge in [0.25, 0.3) is 0 Å². The number of nitrogens with zero attached hydrogens (tertiary/aromatic N) is 1. The summed E-state index contributed by atoms with van der Waals surface area (Å²) in [5.74, 6) is 0. The summed E-state index contributed by atoms with van der Waals surface area (Å²) < 4.78 is 0.947. The molecule has 0 aliphatic carbocycles. The zero-order valence-electron chi connectivity index (χ0n) is 6.06. The number of halogens is 2. The number of rotatable bonds is 1. The van der Waals surface area contributed by atoms with Gasteiger partial charge < -0.3 is 5.73 Å². The molecule has 4 heteroatoms. The molecule has 2 N–H and O–H groups in total. The van der Waals surface area contributed by atoms with Crippen molar-refractivity contribution in [2.75, 3.05) is 0 Å². The minimum Gasteiger partial charge on any atom is -0.326 e. The number of aromatic nitrogens is 1. The summed E-state index contributed by atoms with van der Waals surface area (Å²) in [5.41, 5.74) is 7.44. The molecule has 60 valence electrons. The quantitative estimate of drug-likeness (QED) is 0.759. The molecule has 0 aliphatic rings. The van der Waals surface area contributed by atoms with Gasteiger partial charge >= 0.3 is 0 Å². The molecule has 0 unspecified atom stereocenters. The van der Waals surface area contributed by atoms with E-state index in [-0.39, 0.29) is 0 Å². The first kappa shape index (κ1) is 8.97. The molecule has 0 radical (unpaired) electrons. The summed E-state index contributed by atoms with van der Waals surface area (Å²) in [6.07, 6.45) is 1.68. The molecule has 0 aromatic carbocycles. The molecule has 1 aromatic rings. The van der Waals surface area contributed by atoms with Crippen molar-refractivity contribution in [3.63, 3.8) is 0 Å². The highest BCUT2D eigenvalue weighted by Gasteiger charge is 2.05. The Labute approximate surface area is 78.9 Å². The van der Waals surface area contributed by atoms with Crippen molar-refractivity contribution in [2.24, 2.45) is 5.73 Å². The van der Waals surface area contributed by atoms with E-state index in [9.17, 15) is 0 Å². The predicted molar refractivity (Wildman–Crippen MR) is 49.6 cm³/mol. The Kier molecular flexibility index (Phi) is 2.87. The first-order valence-electron chi connectivity index (χ1n) is 3.16. The van der Waals surface area contributed by atoms with Crippen molar-refractivity contribution in [3.8, 4) is 0 Å². The summed E-state index contributed by atoms with van der Waals surface area (Å²) in [5, 5.41) is 0.494. The Bertz CT molecular complexity index is 275. The average Bonchev–Trinajstić information content (AvgIpc) is 1.99. The summed E-state index contributed by atoms with van der Waals surface area (Å²) >= 11 is 9.13. The van der Waals surface area contributed by atoms with Gasteiger partial charge in [0.2, 0.25) is 0 Å². The fraction of sp³-hybridized carbons (Fsp3) is 0.286. The van der Waals surface area contributed by atoms with Gasteiger partial charge in [-0.25, -0.2) is 4.98 Å². The van der Waals surface area contributed by atoms with E-state index in [1.54, 1.807) is 6.20 Å². The zero-order chi connectivity index (χ0) is 8.43. The molecule has 0 atom stereocenters. The summed E-state index contributed by atoms with van der Waals surface area (Å²) in [4.78, 5) is 3.95. The van der Waals surface area contributed by atoms with Crippen molar-refractivity contribution in [3.05, 3.63) is 26.9 Å². The zero-order valence-corrected chi connectivity index (χ0v) is 8.41. The van der Waals surface area contributed by atoms with Gasteiger partial charge in [0.15, 0.2) is 0 Å². The predicted octanol–water partition coefficient (Wildman–Crippen LogP) is 2.26. The highest BCUT2D eigenvalue weighted by atomic mass is 79.9. The first-order valence-corrected chi connectivity index (χ1v) is 4.33. The lowest BCUT2D eigenvalue weighted by Crippen LogP contribution is -2.01. The van der Waals surface area contributed by atoms with Gasteiger partial charge in [-0.3, -0.25) is 0 Å². The molecule has 0 amide bonds. The molecule has 2 nitrogen and oxygen atoms in total. The van der Waals surface area contributed by atoms with Crippen molar-refractivity contribution in [1.29, 1.82) is 0 Å². The smallest absolute Gasteiger partial charge is 0.133 e.